The third kappa shape index (κ3) is 6.96. The van der Waals surface area contributed by atoms with Crippen molar-refractivity contribution in [3.63, 3.8) is 0 Å². The smallest absolute Gasteiger partial charge is 0.322 e. The Balaban J connectivity index is 2.19. The SMILES string of the molecule is CN(CCOc1ccc(Cl)cc1)CC(=O)NCC(=O)O. The monoisotopic (exact) mass is 300 g/mol. The van der Waals surface area contributed by atoms with Crippen LogP contribution in [-0.2, 0) is 9.59 Å². The molecule has 7 heteroatoms. The molecule has 0 heterocycles. The van der Waals surface area contributed by atoms with Gasteiger partial charge in [-0.05, 0) is 31.3 Å². The van der Waals surface area contributed by atoms with Gasteiger partial charge in [0.2, 0.25) is 5.91 Å². The third-order valence-corrected chi connectivity index (χ3v) is 2.66. The summed E-state index contributed by atoms with van der Waals surface area (Å²) in [6.07, 6.45) is 0. The fourth-order valence-electron chi connectivity index (χ4n) is 1.40. The van der Waals surface area contributed by atoms with Crippen LogP contribution in [0.15, 0.2) is 24.3 Å². The van der Waals surface area contributed by atoms with E-state index in [1.54, 1.807) is 36.2 Å². The van der Waals surface area contributed by atoms with Crippen LogP contribution in [0, 0.1) is 0 Å². The Morgan fingerprint density at radius 2 is 2.00 bits per heavy atom. The van der Waals surface area contributed by atoms with Gasteiger partial charge >= 0.3 is 5.97 Å². The number of rotatable bonds is 8. The first-order chi connectivity index (χ1) is 9.47. The van der Waals surface area contributed by atoms with Gasteiger partial charge in [-0.2, -0.15) is 0 Å². The lowest BCUT2D eigenvalue weighted by atomic mass is 10.3. The molecule has 0 fully saturated rings. The molecule has 1 amide bonds. The van der Waals surface area contributed by atoms with Crippen LogP contribution >= 0.6 is 11.6 Å². The van der Waals surface area contributed by atoms with Crippen LogP contribution in [0.4, 0.5) is 0 Å². The van der Waals surface area contributed by atoms with Gasteiger partial charge in [0.1, 0.15) is 18.9 Å². The summed E-state index contributed by atoms with van der Waals surface area (Å²) in [5, 5.41) is 11.4. The van der Waals surface area contributed by atoms with Gasteiger partial charge in [0.05, 0.1) is 6.54 Å². The van der Waals surface area contributed by atoms with E-state index in [2.05, 4.69) is 5.32 Å². The second-order valence-electron chi connectivity index (χ2n) is 4.21. The third-order valence-electron chi connectivity index (χ3n) is 2.41. The van der Waals surface area contributed by atoms with Crippen molar-refractivity contribution in [2.75, 3.05) is 33.3 Å². The van der Waals surface area contributed by atoms with Gasteiger partial charge < -0.3 is 15.2 Å². The molecular formula is C13H17ClN2O4. The Labute approximate surface area is 122 Å². The first-order valence-corrected chi connectivity index (χ1v) is 6.40. The lowest BCUT2D eigenvalue weighted by Crippen LogP contribution is -2.38. The standard InChI is InChI=1S/C13H17ClN2O4/c1-16(9-12(17)15-8-13(18)19)6-7-20-11-4-2-10(14)3-5-11/h2-5H,6-9H2,1H3,(H,15,17)(H,18,19). The van der Waals surface area contributed by atoms with E-state index in [4.69, 9.17) is 21.4 Å². The molecule has 0 aliphatic heterocycles. The van der Waals surface area contributed by atoms with E-state index in [0.29, 0.717) is 23.9 Å². The molecule has 0 bridgehead atoms. The van der Waals surface area contributed by atoms with Crippen LogP contribution in [-0.4, -0.2) is 55.2 Å². The Hall–Kier alpha value is -1.79. The van der Waals surface area contributed by atoms with Gasteiger partial charge in [0.25, 0.3) is 0 Å². The maximum Gasteiger partial charge on any atom is 0.322 e. The zero-order valence-corrected chi connectivity index (χ0v) is 11.9. The number of hydrogen-bond donors (Lipinski definition) is 2. The number of aliphatic carboxylic acids is 1. The van der Waals surface area contributed by atoms with Crippen LogP contribution in [0.2, 0.25) is 5.02 Å². The number of benzene rings is 1. The highest BCUT2D eigenvalue weighted by molar-refractivity contribution is 6.30. The number of hydrogen-bond acceptors (Lipinski definition) is 4. The molecule has 0 unspecified atom stereocenters. The van der Waals surface area contributed by atoms with E-state index < -0.39 is 5.97 Å². The summed E-state index contributed by atoms with van der Waals surface area (Å²) in [5.41, 5.74) is 0. The molecule has 1 rings (SSSR count). The van der Waals surface area contributed by atoms with Crippen LogP contribution < -0.4 is 10.1 Å². The van der Waals surface area contributed by atoms with Gasteiger partial charge in [-0.3, -0.25) is 14.5 Å². The van der Waals surface area contributed by atoms with Gasteiger partial charge in [0.15, 0.2) is 0 Å². The predicted molar refractivity (Wildman–Crippen MR) is 75.1 cm³/mol. The maximum absolute atomic E-state index is 11.4. The highest BCUT2D eigenvalue weighted by atomic mass is 35.5. The molecule has 0 aliphatic carbocycles. The largest absolute Gasteiger partial charge is 0.492 e. The molecule has 0 spiro atoms. The lowest BCUT2D eigenvalue weighted by Gasteiger charge is -2.16. The average molecular weight is 301 g/mol. The quantitative estimate of drug-likeness (QED) is 0.744. The molecule has 0 aliphatic rings. The molecule has 1 aromatic rings. The Morgan fingerprint density at radius 3 is 2.60 bits per heavy atom. The van der Waals surface area contributed by atoms with Crippen LogP contribution in [0.25, 0.3) is 0 Å². The Morgan fingerprint density at radius 1 is 1.35 bits per heavy atom. The van der Waals surface area contributed by atoms with Crippen LogP contribution in [0.1, 0.15) is 0 Å². The highest BCUT2D eigenvalue weighted by Crippen LogP contribution is 2.15. The van der Waals surface area contributed by atoms with Crippen molar-refractivity contribution < 1.29 is 19.4 Å². The van der Waals surface area contributed by atoms with Gasteiger partial charge in [-0.25, -0.2) is 0 Å². The average Bonchev–Trinajstić information content (AvgIpc) is 2.38. The van der Waals surface area contributed by atoms with Crippen molar-refractivity contribution in [1.29, 1.82) is 0 Å². The zero-order chi connectivity index (χ0) is 15.0. The van der Waals surface area contributed by atoms with Crippen molar-refractivity contribution >= 4 is 23.5 Å². The normalized spacial score (nSPS) is 10.3. The topological polar surface area (TPSA) is 78.9 Å². The van der Waals surface area contributed by atoms with E-state index in [0.717, 1.165) is 0 Å². The molecule has 0 aromatic heterocycles. The minimum absolute atomic E-state index is 0.122. The maximum atomic E-state index is 11.4. The first-order valence-electron chi connectivity index (χ1n) is 6.03. The molecule has 2 N–H and O–H groups in total. The van der Waals surface area contributed by atoms with E-state index in [1.807, 2.05) is 0 Å². The van der Waals surface area contributed by atoms with Gasteiger partial charge in [-0.1, -0.05) is 11.6 Å². The van der Waals surface area contributed by atoms with E-state index in [-0.39, 0.29) is 19.0 Å². The molecular weight excluding hydrogens is 284 g/mol. The summed E-state index contributed by atoms with van der Waals surface area (Å²) in [6, 6.07) is 7.00. The molecule has 20 heavy (non-hydrogen) atoms. The number of carbonyl (C=O) groups excluding carboxylic acids is 1. The van der Waals surface area contributed by atoms with Crippen molar-refractivity contribution in [2.45, 2.75) is 0 Å². The van der Waals surface area contributed by atoms with Crippen molar-refractivity contribution in [3.8, 4) is 5.75 Å². The second kappa shape index (κ2) is 8.39. The van der Waals surface area contributed by atoms with Crippen LogP contribution in [0.5, 0.6) is 5.75 Å². The zero-order valence-electron chi connectivity index (χ0n) is 11.1. The van der Waals surface area contributed by atoms with E-state index in [9.17, 15) is 9.59 Å². The van der Waals surface area contributed by atoms with Crippen LogP contribution in [0.3, 0.4) is 0 Å². The first kappa shape index (κ1) is 16.3. The number of amides is 1. The molecule has 1 aromatic carbocycles. The summed E-state index contributed by atoms with van der Waals surface area (Å²) >= 11 is 5.76. The fourth-order valence-corrected chi connectivity index (χ4v) is 1.53. The van der Waals surface area contributed by atoms with E-state index >= 15 is 0 Å². The number of carbonyl (C=O) groups is 2. The highest BCUT2D eigenvalue weighted by Gasteiger charge is 2.07. The summed E-state index contributed by atoms with van der Waals surface area (Å²) in [7, 11) is 1.76. The molecule has 0 radical (unpaired) electrons. The molecule has 0 saturated carbocycles. The van der Waals surface area contributed by atoms with Crippen molar-refractivity contribution in [3.05, 3.63) is 29.3 Å². The van der Waals surface area contributed by atoms with Gasteiger partial charge in [0, 0.05) is 11.6 Å². The Bertz CT molecular complexity index is 450. The number of carboxylic acid groups (broad SMARTS) is 1. The fraction of sp³-hybridized carbons (Fsp3) is 0.385. The molecule has 0 atom stereocenters. The number of ether oxygens (including phenoxy) is 1. The number of carboxylic acids is 1. The summed E-state index contributed by atoms with van der Waals surface area (Å²) in [6.45, 7) is 0.721. The lowest BCUT2D eigenvalue weighted by molar-refractivity contribution is -0.138. The number of nitrogens with one attached hydrogen (secondary N) is 1. The minimum Gasteiger partial charge on any atom is -0.492 e. The number of halogens is 1. The Kier molecular flexibility index (Phi) is 6.83. The molecule has 0 saturated heterocycles. The summed E-state index contributed by atoms with van der Waals surface area (Å²) < 4.78 is 5.49. The van der Waals surface area contributed by atoms with E-state index in [1.165, 1.54) is 0 Å². The number of nitrogens with zero attached hydrogens (tertiary/aromatic N) is 1. The second-order valence-corrected chi connectivity index (χ2v) is 4.65. The van der Waals surface area contributed by atoms with Gasteiger partial charge in [-0.15, -0.1) is 0 Å². The number of likely N-dealkylation sites (N-methyl/N-ethyl adjacent to an activating group) is 1. The molecule has 6 nitrogen and oxygen atoms in total. The van der Waals surface area contributed by atoms with Crippen molar-refractivity contribution in [1.82, 2.24) is 10.2 Å². The summed E-state index contributed by atoms with van der Waals surface area (Å²) in [5.74, 6) is -0.688. The predicted octanol–water partition coefficient (Wildman–Crippen LogP) is 0.851. The van der Waals surface area contributed by atoms with Crippen molar-refractivity contribution in [2.24, 2.45) is 0 Å². The minimum atomic E-state index is -1.06. The molecule has 110 valence electrons. The summed E-state index contributed by atoms with van der Waals surface area (Å²) in [4.78, 5) is 23.4.